The molecule has 1 aromatic heterocycles. The molecule has 0 saturated carbocycles. The van der Waals surface area contributed by atoms with Crippen LogP contribution in [0.2, 0.25) is 0 Å². The van der Waals surface area contributed by atoms with Gasteiger partial charge in [-0.15, -0.1) is 0 Å². The highest BCUT2D eigenvalue weighted by atomic mass is 19.1. The lowest BCUT2D eigenvalue weighted by atomic mass is 10.1. The van der Waals surface area contributed by atoms with Crippen LogP contribution in [0.3, 0.4) is 0 Å². The molecule has 1 heterocycles. The molecule has 0 radical (unpaired) electrons. The van der Waals surface area contributed by atoms with Crippen molar-refractivity contribution in [2.75, 3.05) is 5.43 Å². The summed E-state index contributed by atoms with van der Waals surface area (Å²) >= 11 is 0. The molecule has 3 nitrogen and oxygen atoms in total. The Hall–Kier alpha value is -1.97. The van der Waals surface area contributed by atoms with Crippen molar-refractivity contribution in [1.82, 2.24) is 4.68 Å². The smallest absolute Gasteiger partial charge is 0.132 e. The molecule has 0 spiro atoms. The number of nitrogens with zero attached hydrogens (tertiary/aromatic N) is 1. The van der Waals surface area contributed by atoms with Gasteiger partial charge in [0.1, 0.15) is 11.6 Å². The van der Waals surface area contributed by atoms with Crippen molar-refractivity contribution in [2.24, 2.45) is 0 Å². The summed E-state index contributed by atoms with van der Waals surface area (Å²) in [6.45, 7) is 1.86. The molecule has 16 heavy (non-hydrogen) atoms. The van der Waals surface area contributed by atoms with Gasteiger partial charge in [-0.3, -0.25) is 4.68 Å². The van der Waals surface area contributed by atoms with Gasteiger partial charge in [0, 0.05) is 24.0 Å². The third-order valence-electron chi connectivity index (χ3n) is 2.40. The zero-order chi connectivity index (χ0) is 11.5. The van der Waals surface area contributed by atoms with Crippen LogP contribution in [0.5, 0.6) is 5.75 Å². The molecule has 0 bridgehead atoms. The number of hydrogen-bond acceptors (Lipinski definition) is 2. The topological polar surface area (TPSA) is 37.2 Å². The maximum atomic E-state index is 13.5. The summed E-state index contributed by atoms with van der Waals surface area (Å²) < 4.78 is 15.3. The van der Waals surface area contributed by atoms with Crippen LogP contribution in [0, 0.1) is 5.82 Å². The first-order chi connectivity index (χ1) is 7.66. The van der Waals surface area contributed by atoms with Gasteiger partial charge >= 0.3 is 0 Å². The number of phenols is 1. The largest absolute Gasteiger partial charge is 0.508 e. The molecule has 1 atom stereocenters. The second kappa shape index (κ2) is 4.26. The Morgan fingerprint density at radius 1 is 1.31 bits per heavy atom. The second-order valence-corrected chi connectivity index (χ2v) is 3.65. The van der Waals surface area contributed by atoms with E-state index in [0.717, 1.165) is 6.07 Å². The van der Waals surface area contributed by atoms with E-state index in [1.165, 1.54) is 6.07 Å². The fourth-order valence-electron chi connectivity index (χ4n) is 1.58. The zero-order valence-corrected chi connectivity index (χ0v) is 8.89. The van der Waals surface area contributed by atoms with E-state index in [4.69, 9.17) is 5.11 Å². The lowest BCUT2D eigenvalue weighted by molar-refractivity contribution is 0.467. The van der Waals surface area contributed by atoms with Gasteiger partial charge in [-0.2, -0.15) is 0 Å². The maximum Gasteiger partial charge on any atom is 0.132 e. The fourth-order valence-corrected chi connectivity index (χ4v) is 1.58. The molecule has 1 aromatic carbocycles. The highest BCUT2D eigenvalue weighted by molar-refractivity contribution is 5.30. The number of aromatic nitrogens is 1. The molecule has 0 amide bonds. The normalized spacial score (nSPS) is 12.4. The minimum absolute atomic E-state index is 0.0607. The Kier molecular flexibility index (Phi) is 2.81. The average Bonchev–Trinajstić information content (AvgIpc) is 2.70. The van der Waals surface area contributed by atoms with Crippen LogP contribution in [0.15, 0.2) is 42.7 Å². The molecule has 0 aliphatic rings. The lowest BCUT2D eigenvalue weighted by Crippen LogP contribution is -2.17. The van der Waals surface area contributed by atoms with E-state index in [9.17, 15) is 4.39 Å². The van der Waals surface area contributed by atoms with Crippen LogP contribution >= 0.6 is 0 Å². The zero-order valence-electron chi connectivity index (χ0n) is 8.89. The molecular formula is C12H13FN2O. The third-order valence-corrected chi connectivity index (χ3v) is 2.40. The van der Waals surface area contributed by atoms with E-state index >= 15 is 0 Å². The number of rotatable bonds is 3. The van der Waals surface area contributed by atoms with E-state index in [1.807, 2.05) is 31.5 Å². The summed E-state index contributed by atoms with van der Waals surface area (Å²) in [5.74, 6) is -0.471. The van der Waals surface area contributed by atoms with Crippen LogP contribution < -0.4 is 5.43 Å². The Morgan fingerprint density at radius 2 is 2.00 bits per heavy atom. The van der Waals surface area contributed by atoms with E-state index in [-0.39, 0.29) is 11.8 Å². The molecule has 0 aliphatic carbocycles. The molecule has 1 unspecified atom stereocenters. The van der Waals surface area contributed by atoms with E-state index in [1.54, 1.807) is 10.7 Å². The Morgan fingerprint density at radius 3 is 2.62 bits per heavy atom. The number of hydrogen-bond donors (Lipinski definition) is 2. The predicted molar refractivity (Wildman–Crippen MR) is 60.3 cm³/mol. The highest BCUT2D eigenvalue weighted by Gasteiger charge is 2.10. The molecule has 2 rings (SSSR count). The van der Waals surface area contributed by atoms with Crippen LogP contribution in [0.4, 0.5) is 4.39 Å². The molecular weight excluding hydrogens is 207 g/mol. The molecule has 4 heteroatoms. The van der Waals surface area contributed by atoms with Crippen molar-refractivity contribution in [3.05, 3.63) is 54.1 Å². The van der Waals surface area contributed by atoms with E-state index < -0.39 is 5.82 Å². The van der Waals surface area contributed by atoms with Gasteiger partial charge in [-0.1, -0.05) is 6.07 Å². The van der Waals surface area contributed by atoms with Crippen molar-refractivity contribution in [1.29, 1.82) is 0 Å². The van der Waals surface area contributed by atoms with E-state index in [2.05, 4.69) is 5.43 Å². The summed E-state index contributed by atoms with van der Waals surface area (Å²) in [6.07, 6.45) is 3.68. The first kappa shape index (κ1) is 10.5. The molecule has 84 valence electrons. The maximum absolute atomic E-state index is 13.5. The fraction of sp³-hybridized carbons (Fsp3) is 0.167. The average molecular weight is 220 g/mol. The van der Waals surface area contributed by atoms with E-state index in [0.29, 0.717) is 5.56 Å². The summed E-state index contributed by atoms with van der Waals surface area (Å²) in [7, 11) is 0. The number of halogens is 1. The standard InChI is InChI=1S/C12H13FN2O/c1-9(14-15-6-2-3-7-15)11-5-4-10(16)8-12(11)13/h2-9,14,16H,1H3. The van der Waals surface area contributed by atoms with Crippen molar-refractivity contribution >= 4 is 0 Å². The second-order valence-electron chi connectivity index (χ2n) is 3.65. The first-order valence-electron chi connectivity index (χ1n) is 5.05. The monoisotopic (exact) mass is 220 g/mol. The summed E-state index contributed by atoms with van der Waals surface area (Å²) in [5.41, 5.74) is 3.61. The van der Waals surface area contributed by atoms with Gasteiger partial charge in [-0.25, -0.2) is 4.39 Å². The molecule has 0 aliphatic heterocycles. The first-order valence-corrected chi connectivity index (χ1v) is 5.05. The van der Waals surface area contributed by atoms with Gasteiger partial charge < -0.3 is 10.5 Å². The van der Waals surface area contributed by atoms with Crippen molar-refractivity contribution in [3.8, 4) is 5.75 Å². The summed E-state index contributed by atoms with van der Waals surface area (Å²) in [6, 6.07) is 7.76. The van der Waals surface area contributed by atoms with Gasteiger partial charge in [-0.05, 0) is 25.1 Å². The predicted octanol–water partition coefficient (Wildman–Crippen LogP) is 2.64. The molecule has 0 fully saturated rings. The minimum Gasteiger partial charge on any atom is -0.508 e. The van der Waals surface area contributed by atoms with Crippen molar-refractivity contribution < 1.29 is 9.50 Å². The lowest BCUT2D eigenvalue weighted by Gasteiger charge is -2.17. The van der Waals surface area contributed by atoms with Gasteiger partial charge in [0.05, 0.1) is 6.04 Å². The van der Waals surface area contributed by atoms with Crippen LogP contribution in [0.25, 0.3) is 0 Å². The number of nitrogens with one attached hydrogen (secondary N) is 1. The van der Waals surface area contributed by atoms with Gasteiger partial charge in [0.15, 0.2) is 0 Å². The molecule has 0 saturated heterocycles. The number of phenolic OH excluding ortho intramolecular Hbond substituents is 1. The SMILES string of the molecule is CC(Nn1cccc1)c1ccc(O)cc1F. The summed E-state index contributed by atoms with van der Waals surface area (Å²) in [5, 5.41) is 9.11. The van der Waals surface area contributed by atoms with Crippen molar-refractivity contribution in [2.45, 2.75) is 13.0 Å². The Bertz CT molecular complexity index is 468. The quantitative estimate of drug-likeness (QED) is 0.834. The molecule has 2 aromatic rings. The van der Waals surface area contributed by atoms with Crippen LogP contribution in [-0.4, -0.2) is 9.78 Å². The number of aromatic hydroxyl groups is 1. The van der Waals surface area contributed by atoms with Gasteiger partial charge in [0.25, 0.3) is 0 Å². The third kappa shape index (κ3) is 2.16. The number of benzene rings is 1. The summed E-state index contributed by atoms with van der Waals surface area (Å²) in [4.78, 5) is 0. The molecule has 2 N–H and O–H groups in total. The van der Waals surface area contributed by atoms with Crippen LogP contribution in [0.1, 0.15) is 18.5 Å². The van der Waals surface area contributed by atoms with Gasteiger partial charge in [0.2, 0.25) is 0 Å². The van der Waals surface area contributed by atoms with Crippen LogP contribution in [-0.2, 0) is 0 Å². The Balaban J connectivity index is 2.17. The van der Waals surface area contributed by atoms with Crippen molar-refractivity contribution in [3.63, 3.8) is 0 Å². The minimum atomic E-state index is -0.410. The Labute approximate surface area is 93.1 Å². The highest BCUT2D eigenvalue weighted by Crippen LogP contribution is 2.21.